The van der Waals surface area contributed by atoms with Crippen LogP contribution in [0.1, 0.15) is 12.0 Å². The lowest BCUT2D eigenvalue weighted by molar-refractivity contribution is -0.116. The number of ether oxygens (including phenoxy) is 1. The van der Waals surface area contributed by atoms with Gasteiger partial charge in [0.25, 0.3) is 0 Å². The third-order valence-corrected chi connectivity index (χ3v) is 5.59. The third-order valence-electron chi connectivity index (χ3n) is 4.11. The second-order valence-electron chi connectivity index (χ2n) is 6.46. The maximum absolute atomic E-state index is 13.2. The molecule has 8 heteroatoms. The fourth-order valence-corrected chi connectivity index (χ4v) is 3.72. The van der Waals surface area contributed by atoms with Crippen molar-refractivity contribution in [2.24, 2.45) is 0 Å². The molecule has 0 bridgehead atoms. The second-order valence-corrected chi connectivity index (χ2v) is 8.22. The SMILES string of the molecule is O=C(CCNS(=O)(=O)c1ccccc1)Nc1cccc(COc2cccc(F)c2)c1. The Bertz CT molecular complexity index is 1100. The van der Waals surface area contributed by atoms with Crippen molar-refractivity contribution in [3.05, 3.63) is 90.2 Å². The minimum atomic E-state index is -3.65. The van der Waals surface area contributed by atoms with Gasteiger partial charge in [0.1, 0.15) is 18.2 Å². The van der Waals surface area contributed by atoms with E-state index in [1.807, 2.05) is 6.07 Å². The van der Waals surface area contributed by atoms with Crippen molar-refractivity contribution in [2.45, 2.75) is 17.9 Å². The van der Waals surface area contributed by atoms with E-state index in [9.17, 15) is 17.6 Å². The fraction of sp³-hybridized carbons (Fsp3) is 0.136. The van der Waals surface area contributed by atoms with Gasteiger partial charge in [-0.05, 0) is 42.0 Å². The summed E-state index contributed by atoms with van der Waals surface area (Å²) in [6, 6.07) is 20.9. The van der Waals surface area contributed by atoms with Crippen LogP contribution < -0.4 is 14.8 Å². The van der Waals surface area contributed by atoms with Gasteiger partial charge in [-0.3, -0.25) is 4.79 Å². The molecule has 0 saturated carbocycles. The average molecular weight is 428 g/mol. The number of carbonyl (C=O) groups is 1. The topological polar surface area (TPSA) is 84.5 Å². The summed E-state index contributed by atoms with van der Waals surface area (Å²) >= 11 is 0. The number of anilines is 1. The number of sulfonamides is 1. The highest BCUT2D eigenvalue weighted by Crippen LogP contribution is 2.16. The van der Waals surface area contributed by atoms with E-state index in [0.29, 0.717) is 11.4 Å². The summed E-state index contributed by atoms with van der Waals surface area (Å²) in [5.74, 6) is -0.291. The molecule has 0 atom stereocenters. The van der Waals surface area contributed by atoms with E-state index < -0.39 is 10.0 Å². The minimum absolute atomic E-state index is 0.0178. The average Bonchev–Trinajstić information content (AvgIpc) is 2.73. The predicted molar refractivity (Wildman–Crippen MR) is 112 cm³/mol. The van der Waals surface area contributed by atoms with Gasteiger partial charge in [0.15, 0.2) is 0 Å². The van der Waals surface area contributed by atoms with Crippen LogP contribution in [0.15, 0.2) is 83.8 Å². The van der Waals surface area contributed by atoms with E-state index in [0.717, 1.165) is 5.56 Å². The summed E-state index contributed by atoms with van der Waals surface area (Å²) in [5, 5.41) is 2.73. The fourth-order valence-electron chi connectivity index (χ4n) is 2.67. The van der Waals surface area contributed by atoms with Crippen LogP contribution in [0.25, 0.3) is 0 Å². The quantitative estimate of drug-likeness (QED) is 0.544. The maximum Gasteiger partial charge on any atom is 0.240 e. The summed E-state index contributed by atoms with van der Waals surface area (Å²) in [7, 11) is -3.65. The van der Waals surface area contributed by atoms with Gasteiger partial charge >= 0.3 is 0 Å². The van der Waals surface area contributed by atoms with Crippen LogP contribution >= 0.6 is 0 Å². The first kappa shape index (κ1) is 21.5. The van der Waals surface area contributed by atoms with E-state index >= 15 is 0 Å². The molecule has 0 fully saturated rings. The van der Waals surface area contributed by atoms with Crippen LogP contribution in [0.2, 0.25) is 0 Å². The van der Waals surface area contributed by atoms with Crippen molar-refractivity contribution < 1.29 is 22.3 Å². The zero-order valence-corrected chi connectivity index (χ0v) is 16.9. The molecule has 0 saturated heterocycles. The molecule has 0 spiro atoms. The molecule has 30 heavy (non-hydrogen) atoms. The Labute approximate surface area is 174 Å². The smallest absolute Gasteiger partial charge is 0.240 e. The van der Waals surface area contributed by atoms with Crippen LogP contribution in [0.5, 0.6) is 5.75 Å². The van der Waals surface area contributed by atoms with Crippen LogP contribution in [-0.4, -0.2) is 20.9 Å². The lowest BCUT2D eigenvalue weighted by atomic mass is 10.2. The molecule has 0 aliphatic rings. The van der Waals surface area contributed by atoms with Gasteiger partial charge in [0, 0.05) is 24.7 Å². The number of benzene rings is 3. The molecule has 3 aromatic rings. The molecule has 0 unspecified atom stereocenters. The summed E-state index contributed by atoms with van der Waals surface area (Å²) in [6.07, 6.45) is -0.0178. The highest BCUT2D eigenvalue weighted by atomic mass is 32.2. The first-order valence-corrected chi connectivity index (χ1v) is 10.7. The Morgan fingerprint density at radius 1 is 0.933 bits per heavy atom. The molecule has 0 aliphatic heterocycles. The highest BCUT2D eigenvalue weighted by Gasteiger charge is 2.13. The molecule has 0 aliphatic carbocycles. The molecule has 0 heterocycles. The Morgan fingerprint density at radius 3 is 2.47 bits per heavy atom. The van der Waals surface area contributed by atoms with Gasteiger partial charge < -0.3 is 10.1 Å². The highest BCUT2D eigenvalue weighted by molar-refractivity contribution is 7.89. The molecule has 6 nitrogen and oxygen atoms in total. The lowest BCUT2D eigenvalue weighted by Gasteiger charge is -2.10. The van der Waals surface area contributed by atoms with Gasteiger partial charge in [-0.25, -0.2) is 17.5 Å². The number of halogens is 1. The van der Waals surface area contributed by atoms with E-state index in [-0.39, 0.29) is 36.2 Å². The standard InChI is InChI=1S/C22H21FN2O4S/c23-18-7-5-9-20(15-18)29-16-17-6-4-8-19(14-17)25-22(26)12-13-24-30(27,28)21-10-2-1-3-11-21/h1-11,14-15,24H,12-13,16H2,(H,25,26). The van der Waals surface area contributed by atoms with Crippen molar-refractivity contribution in [3.8, 4) is 5.75 Å². The number of hydrogen-bond donors (Lipinski definition) is 2. The maximum atomic E-state index is 13.2. The normalized spacial score (nSPS) is 11.1. The van der Waals surface area contributed by atoms with Crippen molar-refractivity contribution in [1.29, 1.82) is 0 Å². The van der Waals surface area contributed by atoms with Crippen LogP contribution in [0.4, 0.5) is 10.1 Å². The number of hydrogen-bond acceptors (Lipinski definition) is 4. The van der Waals surface area contributed by atoms with Gasteiger partial charge in [-0.1, -0.05) is 36.4 Å². The molecular formula is C22H21FN2O4S. The van der Waals surface area contributed by atoms with E-state index in [1.165, 1.54) is 24.3 Å². The number of rotatable bonds is 9. The van der Waals surface area contributed by atoms with Crippen molar-refractivity contribution in [1.82, 2.24) is 4.72 Å². The van der Waals surface area contributed by atoms with Crippen molar-refractivity contribution in [2.75, 3.05) is 11.9 Å². The first-order chi connectivity index (χ1) is 14.4. The molecule has 0 radical (unpaired) electrons. The van der Waals surface area contributed by atoms with Crippen LogP contribution in [0, 0.1) is 5.82 Å². The Morgan fingerprint density at radius 2 is 1.70 bits per heavy atom. The Hall–Kier alpha value is -3.23. The van der Waals surface area contributed by atoms with Crippen LogP contribution in [-0.2, 0) is 21.4 Å². The zero-order valence-electron chi connectivity index (χ0n) is 16.0. The van der Waals surface area contributed by atoms with Crippen molar-refractivity contribution >= 4 is 21.6 Å². The molecular weight excluding hydrogens is 407 g/mol. The van der Waals surface area contributed by atoms with Gasteiger partial charge in [-0.15, -0.1) is 0 Å². The summed E-state index contributed by atoms with van der Waals surface area (Å²) in [6.45, 7) is 0.190. The molecule has 1 amide bonds. The van der Waals surface area contributed by atoms with E-state index in [4.69, 9.17) is 4.74 Å². The number of carbonyl (C=O) groups excluding carboxylic acids is 1. The van der Waals surface area contributed by atoms with E-state index in [1.54, 1.807) is 48.5 Å². The van der Waals surface area contributed by atoms with Crippen molar-refractivity contribution in [3.63, 3.8) is 0 Å². The molecule has 3 rings (SSSR count). The van der Waals surface area contributed by atoms with Crippen LogP contribution in [0.3, 0.4) is 0 Å². The van der Waals surface area contributed by atoms with Gasteiger partial charge in [-0.2, -0.15) is 0 Å². The summed E-state index contributed by atoms with van der Waals surface area (Å²) in [5.41, 5.74) is 1.35. The first-order valence-electron chi connectivity index (χ1n) is 9.24. The molecule has 3 aromatic carbocycles. The van der Waals surface area contributed by atoms with Gasteiger partial charge in [0.2, 0.25) is 15.9 Å². The monoisotopic (exact) mass is 428 g/mol. The lowest BCUT2D eigenvalue weighted by Crippen LogP contribution is -2.27. The second kappa shape index (κ2) is 10.00. The minimum Gasteiger partial charge on any atom is -0.489 e. The molecule has 0 aromatic heterocycles. The zero-order chi connectivity index (χ0) is 21.4. The number of nitrogens with one attached hydrogen (secondary N) is 2. The summed E-state index contributed by atoms with van der Waals surface area (Å²) in [4.78, 5) is 12.3. The number of amides is 1. The predicted octanol–water partition coefficient (Wildman–Crippen LogP) is 3.71. The van der Waals surface area contributed by atoms with E-state index in [2.05, 4.69) is 10.0 Å². The summed E-state index contributed by atoms with van der Waals surface area (Å²) < 4.78 is 45.4. The largest absolute Gasteiger partial charge is 0.489 e. The molecule has 2 N–H and O–H groups in total. The van der Waals surface area contributed by atoms with Gasteiger partial charge in [0.05, 0.1) is 4.90 Å². The Balaban J connectivity index is 1.49. The Kier molecular flexibility index (Phi) is 7.16. The molecule has 156 valence electrons. The third kappa shape index (κ3) is 6.40.